The summed E-state index contributed by atoms with van der Waals surface area (Å²) in [5, 5.41) is 9.15. The molecule has 2 rings (SSSR count). The molecule has 1 saturated heterocycles. The van der Waals surface area contributed by atoms with Gasteiger partial charge in [-0.1, -0.05) is 37.0 Å². The molecule has 0 aliphatic carbocycles. The zero-order chi connectivity index (χ0) is 14.7. The lowest BCUT2D eigenvalue weighted by atomic mass is 10.2. The Kier molecular flexibility index (Phi) is 4.51. The molecule has 1 N–H and O–H groups in total. The van der Waals surface area contributed by atoms with Gasteiger partial charge in [0.25, 0.3) is 5.91 Å². The van der Waals surface area contributed by atoms with Crippen LogP contribution in [0.3, 0.4) is 0 Å². The molecule has 1 amide bonds. The molecule has 0 spiro atoms. The van der Waals surface area contributed by atoms with Crippen molar-refractivity contribution in [2.24, 2.45) is 0 Å². The summed E-state index contributed by atoms with van der Waals surface area (Å²) in [6, 6.07) is 2.66. The molecular formula is C13H12N2O3S2. The molecule has 104 valence electrons. The van der Waals surface area contributed by atoms with E-state index in [9.17, 15) is 9.59 Å². The number of amides is 1. The second-order valence-electron chi connectivity index (χ2n) is 4.10. The van der Waals surface area contributed by atoms with Gasteiger partial charge in [0.1, 0.15) is 10.4 Å². The van der Waals surface area contributed by atoms with Crippen molar-refractivity contribution in [1.82, 2.24) is 9.88 Å². The maximum absolute atomic E-state index is 12.3. The van der Waals surface area contributed by atoms with E-state index in [1.807, 2.05) is 6.07 Å². The number of hydrogen-bond donors (Lipinski definition) is 1. The maximum Gasteiger partial charge on any atom is 0.326 e. The Hall–Kier alpha value is -1.73. The first kappa shape index (κ1) is 14.7. The highest BCUT2D eigenvalue weighted by atomic mass is 32.2. The molecule has 1 atom stereocenters. The van der Waals surface area contributed by atoms with Gasteiger partial charge >= 0.3 is 5.97 Å². The molecule has 0 aromatic carbocycles. The fourth-order valence-corrected chi connectivity index (χ4v) is 3.19. The van der Waals surface area contributed by atoms with Crippen LogP contribution in [0.4, 0.5) is 0 Å². The van der Waals surface area contributed by atoms with Crippen LogP contribution in [0.25, 0.3) is 6.08 Å². The molecule has 0 saturated carbocycles. The molecule has 0 unspecified atom stereocenters. The van der Waals surface area contributed by atoms with Crippen LogP contribution in [0.15, 0.2) is 29.4 Å². The summed E-state index contributed by atoms with van der Waals surface area (Å²) < 4.78 is 0.277. The Morgan fingerprint density at radius 2 is 2.40 bits per heavy atom. The van der Waals surface area contributed by atoms with E-state index in [0.717, 1.165) is 17.3 Å². The standard InChI is InChI=1S/C13H12N2O3S2/c1-2-9(12(17)18)15-11(16)10(20-13(15)19)6-8-4-3-5-14-7-8/h3-7,9H,2H2,1H3,(H,17,18)/b10-6-/t9-/m0/s1. The number of thiocarbonyl (C=S) groups is 1. The zero-order valence-electron chi connectivity index (χ0n) is 10.6. The van der Waals surface area contributed by atoms with Crippen LogP contribution >= 0.6 is 24.0 Å². The minimum absolute atomic E-state index is 0.277. The monoisotopic (exact) mass is 308 g/mol. The summed E-state index contributed by atoms with van der Waals surface area (Å²) in [6.07, 6.45) is 5.24. The average molecular weight is 308 g/mol. The van der Waals surface area contributed by atoms with Crippen LogP contribution in [-0.2, 0) is 9.59 Å². The number of carbonyl (C=O) groups excluding carboxylic acids is 1. The minimum atomic E-state index is -1.05. The summed E-state index contributed by atoms with van der Waals surface area (Å²) in [5.74, 6) is -1.41. The number of thioether (sulfide) groups is 1. The maximum atomic E-state index is 12.3. The Labute approximate surface area is 125 Å². The predicted octanol–water partition coefficient (Wildman–Crippen LogP) is 2.15. The SMILES string of the molecule is CC[C@@H](C(=O)O)N1C(=O)/C(=C/c2cccnc2)SC1=S. The third-order valence-corrected chi connectivity index (χ3v) is 4.12. The van der Waals surface area contributed by atoms with E-state index in [0.29, 0.717) is 11.3 Å². The molecule has 1 aliphatic rings. The number of aliphatic carboxylic acids is 1. The summed E-state index contributed by atoms with van der Waals surface area (Å²) in [7, 11) is 0. The van der Waals surface area contributed by atoms with Crippen LogP contribution in [0, 0.1) is 0 Å². The van der Waals surface area contributed by atoms with Crippen molar-refractivity contribution in [2.45, 2.75) is 19.4 Å². The van der Waals surface area contributed by atoms with Crippen LogP contribution < -0.4 is 0 Å². The lowest BCUT2D eigenvalue weighted by Gasteiger charge is -2.21. The molecular weight excluding hydrogens is 296 g/mol. The zero-order valence-corrected chi connectivity index (χ0v) is 12.3. The summed E-state index contributed by atoms with van der Waals surface area (Å²) >= 11 is 6.24. The van der Waals surface area contributed by atoms with Crippen molar-refractivity contribution in [3.8, 4) is 0 Å². The summed E-state index contributed by atoms with van der Waals surface area (Å²) in [6.45, 7) is 1.71. The first-order valence-electron chi connectivity index (χ1n) is 5.94. The molecule has 1 aromatic rings. The van der Waals surface area contributed by atoms with Gasteiger partial charge in [0.05, 0.1) is 4.91 Å². The van der Waals surface area contributed by atoms with E-state index < -0.39 is 12.0 Å². The number of hydrogen-bond acceptors (Lipinski definition) is 5. The topological polar surface area (TPSA) is 70.5 Å². The second-order valence-corrected chi connectivity index (χ2v) is 5.78. The molecule has 5 nitrogen and oxygen atoms in total. The number of carboxylic acids is 1. The van der Waals surface area contributed by atoms with Crippen molar-refractivity contribution >= 4 is 46.3 Å². The molecule has 7 heteroatoms. The van der Waals surface area contributed by atoms with Gasteiger partial charge in [-0.15, -0.1) is 0 Å². The van der Waals surface area contributed by atoms with Crippen molar-refractivity contribution in [3.63, 3.8) is 0 Å². The lowest BCUT2D eigenvalue weighted by Crippen LogP contribution is -2.43. The molecule has 0 bridgehead atoms. The molecule has 1 fully saturated rings. The van der Waals surface area contributed by atoms with E-state index >= 15 is 0 Å². The van der Waals surface area contributed by atoms with E-state index in [-0.39, 0.29) is 10.2 Å². The molecule has 1 aromatic heterocycles. The van der Waals surface area contributed by atoms with Crippen molar-refractivity contribution < 1.29 is 14.7 Å². The predicted molar refractivity (Wildman–Crippen MR) is 81.0 cm³/mol. The number of pyridine rings is 1. The van der Waals surface area contributed by atoms with Crippen LogP contribution in [-0.4, -0.2) is 37.2 Å². The van der Waals surface area contributed by atoms with Gasteiger partial charge in [0.15, 0.2) is 0 Å². The Balaban J connectivity index is 2.29. The number of aromatic nitrogens is 1. The number of nitrogens with zero attached hydrogens (tertiary/aromatic N) is 2. The van der Waals surface area contributed by atoms with Gasteiger partial charge in [0, 0.05) is 12.4 Å². The smallest absolute Gasteiger partial charge is 0.326 e. The third-order valence-electron chi connectivity index (χ3n) is 2.79. The van der Waals surface area contributed by atoms with Gasteiger partial charge in [0.2, 0.25) is 0 Å². The molecule has 2 heterocycles. The van der Waals surface area contributed by atoms with Crippen molar-refractivity contribution in [1.29, 1.82) is 0 Å². The van der Waals surface area contributed by atoms with Gasteiger partial charge < -0.3 is 5.11 Å². The Bertz CT molecular complexity index is 587. The van der Waals surface area contributed by atoms with Crippen LogP contribution in [0.5, 0.6) is 0 Å². The van der Waals surface area contributed by atoms with E-state index in [2.05, 4.69) is 4.98 Å². The van der Waals surface area contributed by atoms with Gasteiger partial charge in [-0.05, 0) is 24.1 Å². The van der Waals surface area contributed by atoms with Gasteiger partial charge in [-0.3, -0.25) is 14.7 Å². The molecule has 20 heavy (non-hydrogen) atoms. The Morgan fingerprint density at radius 1 is 1.65 bits per heavy atom. The van der Waals surface area contributed by atoms with E-state index in [1.54, 1.807) is 31.5 Å². The van der Waals surface area contributed by atoms with Crippen LogP contribution in [0.1, 0.15) is 18.9 Å². The normalized spacial score (nSPS) is 18.6. The number of carbonyl (C=O) groups is 2. The first-order chi connectivity index (χ1) is 9.54. The number of carboxylic acid groups (broad SMARTS) is 1. The van der Waals surface area contributed by atoms with E-state index in [1.165, 1.54) is 4.90 Å². The van der Waals surface area contributed by atoms with Gasteiger partial charge in [-0.25, -0.2) is 4.79 Å². The largest absolute Gasteiger partial charge is 0.480 e. The Morgan fingerprint density at radius 3 is 2.95 bits per heavy atom. The lowest BCUT2D eigenvalue weighted by molar-refractivity contribution is -0.145. The van der Waals surface area contributed by atoms with Gasteiger partial charge in [-0.2, -0.15) is 0 Å². The molecule has 1 aliphatic heterocycles. The fourth-order valence-electron chi connectivity index (χ4n) is 1.83. The highest BCUT2D eigenvalue weighted by molar-refractivity contribution is 8.26. The van der Waals surface area contributed by atoms with Crippen molar-refractivity contribution in [2.75, 3.05) is 0 Å². The van der Waals surface area contributed by atoms with E-state index in [4.69, 9.17) is 17.3 Å². The van der Waals surface area contributed by atoms with Crippen molar-refractivity contribution in [3.05, 3.63) is 35.0 Å². The summed E-state index contributed by atoms with van der Waals surface area (Å²) in [5.41, 5.74) is 0.774. The molecule has 0 radical (unpaired) electrons. The fraction of sp³-hybridized carbons (Fsp3) is 0.231. The second kappa shape index (κ2) is 6.15. The quantitative estimate of drug-likeness (QED) is 0.679. The average Bonchev–Trinajstić information content (AvgIpc) is 2.68. The minimum Gasteiger partial charge on any atom is -0.480 e. The third kappa shape index (κ3) is 2.88. The van der Waals surface area contributed by atoms with Crippen LogP contribution in [0.2, 0.25) is 0 Å². The first-order valence-corrected chi connectivity index (χ1v) is 7.17. The summed E-state index contributed by atoms with van der Waals surface area (Å²) in [4.78, 5) is 29.0. The number of rotatable bonds is 4. The highest BCUT2D eigenvalue weighted by Gasteiger charge is 2.39. The highest BCUT2D eigenvalue weighted by Crippen LogP contribution is 2.34.